The summed E-state index contributed by atoms with van der Waals surface area (Å²) in [6, 6.07) is 10.3. The molecule has 6 heteroatoms. The van der Waals surface area contributed by atoms with Gasteiger partial charge in [-0.15, -0.1) is 0 Å². The fourth-order valence-electron chi connectivity index (χ4n) is 4.95. The van der Waals surface area contributed by atoms with Gasteiger partial charge in [0.15, 0.2) is 0 Å². The topological polar surface area (TPSA) is 88.3 Å². The van der Waals surface area contributed by atoms with E-state index in [1.807, 2.05) is 25.3 Å². The molecule has 0 bridgehead atoms. The summed E-state index contributed by atoms with van der Waals surface area (Å²) < 4.78 is 0. The number of nitriles is 2. The van der Waals surface area contributed by atoms with Crippen LogP contribution in [0, 0.1) is 28.1 Å². The molecule has 2 atom stereocenters. The number of anilines is 1. The Morgan fingerprint density at radius 1 is 1.21 bits per heavy atom. The zero-order chi connectivity index (χ0) is 19.5. The van der Waals surface area contributed by atoms with Crippen molar-refractivity contribution in [3.8, 4) is 23.3 Å². The van der Waals surface area contributed by atoms with Crippen molar-refractivity contribution >= 4 is 28.3 Å². The lowest BCUT2D eigenvalue weighted by Crippen LogP contribution is -2.27. The number of aromatic amines is 1. The van der Waals surface area contributed by atoms with E-state index >= 15 is 0 Å². The van der Waals surface area contributed by atoms with Crippen LogP contribution in [0.25, 0.3) is 22.0 Å². The molecule has 1 fully saturated rings. The van der Waals surface area contributed by atoms with Crippen molar-refractivity contribution in [2.45, 2.75) is 31.6 Å². The van der Waals surface area contributed by atoms with Gasteiger partial charge in [-0.3, -0.25) is 0 Å². The number of benzene rings is 1. The number of hydrogen-bond donors (Lipinski definition) is 2. The smallest absolute Gasteiger partial charge is 0.131 e. The minimum absolute atomic E-state index is 0.149. The summed E-state index contributed by atoms with van der Waals surface area (Å²) in [6.07, 6.45) is 6.30. The maximum absolute atomic E-state index is 9.61. The Kier molecular flexibility index (Phi) is 3.50. The first-order valence-corrected chi connectivity index (χ1v) is 9.72. The molecule has 2 aliphatic rings. The van der Waals surface area contributed by atoms with Crippen molar-refractivity contribution in [1.82, 2.24) is 9.97 Å². The summed E-state index contributed by atoms with van der Waals surface area (Å²) in [5, 5.41) is 23.9. The fraction of sp³-hybridized carbons (Fsp3) is 0.318. The Hall–Kier alpha value is -3.02. The van der Waals surface area contributed by atoms with Gasteiger partial charge in [-0.25, -0.2) is 4.98 Å². The van der Waals surface area contributed by atoms with Gasteiger partial charge in [-0.2, -0.15) is 10.5 Å². The van der Waals surface area contributed by atoms with Crippen LogP contribution in [0.1, 0.15) is 37.3 Å². The van der Waals surface area contributed by atoms with E-state index in [-0.39, 0.29) is 10.8 Å². The highest BCUT2D eigenvalue weighted by Gasteiger charge is 2.52. The molecule has 3 heterocycles. The number of pyridine rings is 1. The van der Waals surface area contributed by atoms with Crippen molar-refractivity contribution < 1.29 is 0 Å². The summed E-state index contributed by atoms with van der Waals surface area (Å²) in [5.74, 6) is 0.827. The Bertz CT molecular complexity index is 1210. The van der Waals surface area contributed by atoms with Gasteiger partial charge in [0, 0.05) is 51.9 Å². The lowest BCUT2D eigenvalue weighted by atomic mass is 9.77. The molecule has 1 aromatic carbocycles. The summed E-state index contributed by atoms with van der Waals surface area (Å²) in [7, 11) is 0. The standard InChI is InChI=1S/C22H18ClN5/c1-21(11-25)4-5-22(10-21)12-28-20-18(22)19(23)16(9-27-20)15-8-26-17-3-2-13(7-24)6-14(15)17/h2-3,6,8-9,26H,4-5,10,12H2,1H3,(H,27,28). The first-order chi connectivity index (χ1) is 13.5. The average Bonchev–Trinajstić information content (AvgIpc) is 3.39. The molecule has 138 valence electrons. The number of hydrogen-bond acceptors (Lipinski definition) is 4. The van der Waals surface area contributed by atoms with Crippen LogP contribution in [0.4, 0.5) is 5.82 Å². The quantitative estimate of drug-likeness (QED) is 0.605. The molecule has 1 aliphatic heterocycles. The minimum Gasteiger partial charge on any atom is -0.369 e. The minimum atomic E-state index is -0.328. The molecule has 2 N–H and O–H groups in total. The molecule has 1 saturated carbocycles. The molecular weight excluding hydrogens is 370 g/mol. The Balaban J connectivity index is 1.69. The monoisotopic (exact) mass is 387 g/mol. The van der Waals surface area contributed by atoms with Gasteiger partial charge in [-0.1, -0.05) is 11.6 Å². The summed E-state index contributed by atoms with van der Waals surface area (Å²) in [5.41, 5.74) is 3.92. The zero-order valence-corrected chi connectivity index (χ0v) is 16.2. The van der Waals surface area contributed by atoms with Crippen LogP contribution in [-0.2, 0) is 5.41 Å². The average molecular weight is 388 g/mol. The van der Waals surface area contributed by atoms with Crippen LogP contribution in [-0.4, -0.2) is 16.5 Å². The number of nitrogens with zero attached hydrogens (tertiary/aromatic N) is 3. The van der Waals surface area contributed by atoms with Gasteiger partial charge in [0.2, 0.25) is 0 Å². The third-order valence-electron chi connectivity index (χ3n) is 6.39. The van der Waals surface area contributed by atoms with Crippen LogP contribution < -0.4 is 5.32 Å². The Morgan fingerprint density at radius 3 is 2.82 bits per heavy atom. The highest BCUT2D eigenvalue weighted by Crippen LogP contribution is 2.57. The van der Waals surface area contributed by atoms with Crippen molar-refractivity contribution in [2.24, 2.45) is 5.41 Å². The maximum Gasteiger partial charge on any atom is 0.131 e. The molecule has 1 spiro atoms. The van der Waals surface area contributed by atoms with Crippen LogP contribution >= 0.6 is 11.6 Å². The predicted molar refractivity (Wildman–Crippen MR) is 109 cm³/mol. The van der Waals surface area contributed by atoms with E-state index in [2.05, 4.69) is 27.4 Å². The zero-order valence-electron chi connectivity index (χ0n) is 15.4. The Morgan fingerprint density at radius 2 is 2.07 bits per heavy atom. The molecule has 0 saturated heterocycles. The van der Waals surface area contributed by atoms with E-state index in [1.165, 1.54) is 0 Å². The van der Waals surface area contributed by atoms with E-state index in [9.17, 15) is 10.5 Å². The third-order valence-corrected chi connectivity index (χ3v) is 6.79. The number of halogens is 1. The molecule has 28 heavy (non-hydrogen) atoms. The highest BCUT2D eigenvalue weighted by molar-refractivity contribution is 6.35. The number of H-pyrrole nitrogens is 1. The maximum atomic E-state index is 9.61. The normalized spacial score (nSPS) is 25.4. The first kappa shape index (κ1) is 17.1. The van der Waals surface area contributed by atoms with Crippen LogP contribution in [0.15, 0.2) is 30.6 Å². The van der Waals surface area contributed by atoms with E-state index in [4.69, 9.17) is 11.6 Å². The van der Waals surface area contributed by atoms with Gasteiger partial charge >= 0.3 is 0 Å². The van der Waals surface area contributed by atoms with E-state index in [1.54, 1.807) is 12.3 Å². The highest BCUT2D eigenvalue weighted by atomic mass is 35.5. The molecular formula is C22H18ClN5. The molecule has 5 rings (SSSR count). The van der Waals surface area contributed by atoms with Gasteiger partial charge < -0.3 is 10.3 Å². The number of aromatic nitrogens is 2. The second-order valence-corrected chi connectivity index (χ2v) is 8.65. The Labute approximate surface area is 168 Å². The largest absolute Gasteiger partial charge is 0.369 e. The van der Waals surface area contributed by atoms with Gasteiger partial charge in [0.05, 0.1) is 28.1 Å². The summed E-state index contributed by atoms with van der Waals surface area (Å²) in [6.45, 7) is 2.80. The number of nitrogens with one attached hydrogen (secondary N) is 2. The predicted octanol–water partition coefficient (Wildman–Crippen LogP) is 5.13. The summed E-state index contributed by atoms with van der Waals surface area (Å²) >= 11 is 6.98. The van der Waals surface area contributed by atoms with Gasteiger partial charge in [-0.05, 0) is 44.4 Å². The second-order valence-electron chi connectivity index (χ2n) is 8.27. The van der Waals surface area contributed by atoms with Crippen molar-refractivity contribution in [1.29, 1.82) is 10.5 Å². The molecule has 2 aromatic heterocycles. The molecule has 1 aliphatic carbocycles. The molecule has 3 aromatic rings. The van der Waals surface area contributed by atoms with Crippen molar-refractivity contribution in [3.63, 3.8) is 0 Å². The number of rotatable bonds is 1. The number of fused-ring (bicyclic) bond motifs is 3. The lowest BCUT2D eigenvalue weighted by Gasteiger charge is -2.26. The van der Waals surface area contributed by atoms with Crippen molar-refractivity contribution in [2.75, 3.05) is 11.9 Å². The van der Waals surface area contributed by atoms with Crippen LogP contribution in [0.5, 0.6) is 0 Å². The SMILES string of the molecule is CC1(C#N)CCC2(CNc3ncc(-c4c[nH]c5ccc(C#N)cc45)c(Cl)c32)C1. The lowest BCUT2D eigenvalue weighted by molar-refractivity contribution is 0.404. The fourth-order valence-corrected chi connectivity index (χ4v) is 5.39. The molecule has 0 amide bonds. The molecule has 5 nitrogen and oxygen atoms in total. The van der Waals surface area contributed by atoms with Gasteiger partial charge in [0.25, 0.3) is 0 Å². The van der Waals surface area contributed by atoms with Crippen LogP contribution in [0.2, 0.25) is 5.02 Å². The van der Waals surface area contributed by atoms with Crippen molar-refractivity contribution in [3.05, 3.63) is 46.7 Å². The molecule has 0 radical (unpaired) electrons. The van der Waals surface area contributed by atoms with Crippen LogP contribution in [0.3, 0.4) is 0 Å². The first-order valence-electron chi connectivity index (χ1n) is 9.34. The summed E-state index contributed by atoms with van der Waals surface area (Å²) in [4.78, 5) is 7.92. The molecule has 2 unspecified atom stereocenters. The second kappa shape index (κ2) is 5.74. The van der Waals surface area contributed by atoms with E-state index in [0.29, 0.717) is 10.6 Å². The van der Waals surface area contributed by atoms with E-state index in [0.717, 1.165) is 59.2 Å². The third kappa shape index (κ3) is 2.27. The van der Waals surface area contributed by atoms with E-state index < -0.39 is 0 Å². The van der Waals surface area contributed by atoms with Gasteiger partial charge in [0.1, 0.15) is 5.82 Å².